The van der Waals surface area contributed by atoms with Gasteiger partial charge in [0.05, 0.1) is 12.9 Å². The van der Waals surface area contributed by atoms with E-state index in [1.165, 1.54) is 4.88 Å². The standard InChI is InChI=1S/C14H14ClN5OS/c15-14-18-12(16-7-9-3-2-6-22-9)11-13(19-14)20(8-17-11)10-4-1-5-21-10/h2-3,6,8,10H,1,4-5,7H2,(H,16,18,19). The molecule has 0 spiro atoms. The molecule has 0 bridgehead atoms. The third-order valence-corrected chi connectivity index (χ3v) is 4.67. The minimum atomic E-state index is -0.0129. The maximum atomic E-state index is 6.08. The highest BCUT2D eigenvalue weighted by Crippen LogP contribution is 2.29. The van der Waals surface area contributed by atoms with E-state index in [0.29, 0.717) is 18.0 Å². The highest BCUT2D eigenvalue weighted by Gasteiger charge is 2.22. The van der Waals surface area contributed by atoms with E-state index < -0.39 is 0 Å². The molecule has 1 fully saturated rings. The number of hydrogen-bond acceptors (Lipinski definition) is 6. The number of imidazole rings is 1. The van der Waals surface area contributed by atoms with E-state index in [-0.39, 0.29) is 11.5 Å². The van der Waals surface area contributed by atoms with Crippen LogP contribution in [0.4, 0.5) is 5.82 Å². The van der Waals surface area contributed by atoms with Gasteiger partial charge in [-0.05, 0) is 35.9 Å². The maximum Gasteiger partial charge on any atom is 0.226 e. The molecule has 4 heterocycles. The monoisotopic (exact) mass is 335 g/mol. The molecule has 0 amide bonds. The zero-order valence-corrected chi connectivity index (χ0v) is 13.3. The van der Waals surface area contributed by atoms with Gasteiger partial charge in [0.2, 0.25) is 5.28 Å². The molecule has 1 unspecified atom stereocenters. The van der Waals surface area contributed by atoms with Crippen LogP contribution >= 0.6 is 22.9 Å². The summed E-state index contributed by atoms with van der Waals surface area (Å²) >= 11 is 7.77. The number of nitrogens with zero attached hydrogens (tertiary/aromatic N) is 4. The summed E-state index contributed by atoms with van der Waals surface area (Å²) in [4.78, 5) is 14.3. The van der Waals surface area contributed by atoms with Crippen LogP contribution in [0.1, 0.15) is 23.9 Å². The summed E-state index contributed by atoms with van der Waals surface area (Å²) in [5.41, 5.74) is 1.43. The first-order valence-corrected chi connectivity index (χ1v) is 8.35. The van der Waals surface area contributed by atoms with Crippen LogP contribution in [0.15, 0.2) is 23.8 Å². The van der Waals surface area contributed by atoms with Crippen molar-refractivity contribution in [1.29, 1.82) is 0 Å². The quantitative estimate of drug-likeness (QED) is 0.740. The van der Waals surface area contributed by atoms with Crippen molar-refractivity contribution in [2.75, 3.05) is 11.9 Å². The average molecular weight is 336 g/mol. The number of halogens is 1. The van der Waals surface area contributed by atoms with Crippen LogP contribution < -0.4 is 5.32 Å². The predicted molar refractivity (Wildman–Crippen MR) is 86.2 cm³/mol. The van der Waals surface area contributed by atoms with Crippen LogP contribution in [-0.2, 0) is 11.3 Å². The van der Waals surface area contributed by atoms with Crippen LogP contribution in [-0.4, -0.2) is 26.1 Å². The molecule has 3 aromatic rings. The molecule has 1 aliphatic rings. The lowest BCUT2D eigenvalue weighted by molar-refractivity contribution is 0.0593. The van der Waals surface area contributed by atoms with Crippen molar-refractivity contribution in [1.82, 2.24) is 19.5 Å². The summed E-state index contributed by atoms with van der Waals surface area (Å²) in [5, 5.41) is 5.55. The molecule has 0 radical (unpaired) electrons. The van der Waals surface area contributed by atoms with Gasteiger partial charge in [0.1, 0.15) is 6.23 Å². The third kappa shape index (κ3) is 2.55. The van der Waals surface area contributed by atoms with Gasteiger partial charge in [-0.25, -0.2) is 4.98 Å². The number of rotatable bonds is 4. The van der Waals surface area contributed by atoms with Gasteiger partial charge in [0.15, 0.2) is 17.0 Å². The Hall–Kier alpha value is -1.70. The van der Waals surface area contributed by atoms with Crippen molar-refractivity contribution in [2.45, 2.75) is 25.6 Å². The van der Waals surface area contributed by atoms with Crippen molar-refractivity contribution >= 4 is 39.9 Å². The summed E-state index contributed by atoms with van der Waals surface area (Å²) in [7, 11) is 0. The number of nitrogens with one attached hydrogen (secondary N) is 1. The van der Waals surface area contributed by atoms with Crippen molar-refractivity contribution in [2.24, 2.45) is 0 Å². The molecule has 22 heavy (non-hydrogen) atoms. The summed E-state index contributed by atoms with van der Waals surface area (Å²) in [6, 6.07) is 4.10. The van der Waals surface area contributed by atoms with Gasteiger partial charge in [-0.2, -0.15) is 9.97 Å². The van der Waals surface area contributed by atoms with E-state index in [2.05, 4.69) is 26.3 Å². The van der Waals surface area contributed by atoms with Crippen molar-refractivity contribution in [3.63, 3.8) is 0 Å². The molecule has 1 aliphatic heterocycles. The number of fused-ring (bicyclic) bond motifs is 1. The van der Waals surface area contributed by atoms with E-state index in [0.717, 1.165) is 25.0 Å². The topological polar surface area (TPSA) is 64.9 Å². The molecule has 0 saturated carbocycles. The normalized spacial score (nSPS) is 18.1. The first-order valence-electron chi connectivity index (χ1n) is 7.09. The van der Waals surface area contributed by atoms with Crippen molar-refractivity contribution in [3.8, 4) is 0 Å². The highest BCUT2D eigenvalue weighted by atomic mass is 35.5. The number of thiophene rings is 1. The second kappa shape index (κ2) is 5.83. The Balaban J connectivity index is 1.68. The molecule has 8 heteroatoms. The lowest BCUT2D eigenvalue weighted by Gasteiger charge is -2.12. The second-order valence-corrected chi connectivity index (χ2v) is 6.44. The van der Waals surface area contributed by atoms with Gasteiger partial charge in [-0.3, -0.25) is 4.57 Å². The first-order chi connectivity index (χ1) is 10.8. The fourth-order valence-corrected chi connectivity index (χ4v) is 3.40. The minimum Gasteiger partial charge on any atom is -0.363 e. The molecule has 6 nitrogen and oxygen atoms in total. The molecule has 0 aliphatic carbocycles. The third-order valence-electron chi connectivity index (χ3n) is 3.62. The Morgan fingerprint density at radius 3 is 3.18 bits per heavy atom. The van der Waals surface area contributed by atoms with Gasteiger partial charge in [-0.1, -0.05) is 6.07 Å². The average Bonchev–Trinajstić information content (AvgIpc) is 3.24. The molecule has 4 rings (SSSR count). The Kier molecular flexibility index (Phi) is 3.69. The fourth-order valence-electron chi connectivity index (χ4n) is 2.59. The lowest BCUT2D eigenvalue weighted by Crippen LogP contribution is -2.07. The molecule has 114 valence electrons. The lowest BCUT2D eigenvalue weighted by atomic mass is 10.3. The van der Waals surface area contributed by atoms with E-state index >= 15 is 0 Å². The first kappa shape index (κ1) is 13.9. The molecular weight excluding hydrogens is 322 g/mol. The van der Waals surface area contributed by atoms with Crippen LogP contribution in [0.5, 0.6) is 0 Å². The van der Waals surface area contributed by atoms with Gasteiger partial charge in [-0.15, -0.1) is 11.3 Å². The SMILES string of the molecule is Clc1nc(NCc2cccs2)c2ncn(C3CCCO3)c2n1. The zero-order valence-electron chi connectivity index (χ0n) is 11.7. The second-order valence-electron chi connectivity index (χ2n) is 5.07. The van der Waals surface area contributed by atoms with Crippen LogP contribution in [0, 0.1) is 0 Å². The number of aromatic nitrogens is 4. The van der Waals surface area contributed by atoms with E-state index in [9.17, 15) is 0 Å². The number of anilines is 1. The van der Waals surface area contributed by atoms with E-state index in [4.69, 9.17) is 16.3 Å². The molecule has 1 atom stereocenters. The Morgan fingerprint density at radius 2 is 2.41 bits per heavy atom. The molecule has 1 N–H and O–H groups in total. The Morgan fingerprint density at radius 1 is 1.45 bits per heavy atom. The fraction of sp³-hybridized carbons (Fsp3) is 0.357. The van der Waals surface area contributed by atoms with Crippen LogP contribution in [0.25, 0.3) is 11.2 Å². The summed E-state index contributed by atoms with van der Waals surface area (Å²) < 4.78 is 7.64. The van der Waals surface area contributed by atoms with Gasteiger partial charge in [0, 0.05) is 11.5 Å². The maximum absolute atomic E-state index is 6.08. The zero-order chi connectivity index (χ0) is 14.9. The number of ether oxygens (including phenoxy) is 1. The smallest absolute Gasteiger partial charge is 0.226 e. The van der Waals surface area contributed by atoms with Crippen LogP contribution in [0.2, 0.25) is 5.28 Å². The van der Waals surface area contributed by atoms with Gasteiger partial charge >= 0.3 is 0 Å². The summed E-state index contributed by atoms with van der Waals surface area (Å²) in [5.74, 6) is 0.653. The Labute approximate surface area is 136 Å². The Bertz CT molecular complexity index is 782. The minimum absolute atomic E-state index is 0.0129. The van der Waals surface area contributed by atoms with Crippen molar-refractivity contribution < 1.29 is 4.74 Å². The van der Waals surface area contributed by atoms with Crippen LogP contribution in [0.3, 0.4) is 0 Å². The van der Waals surface area contributed by atoms with E-state index in [1.807, 2.05) is 16.0 Å². The molecule has 3 aromatic heterocycles. The molecule has 1 saturated heterocycles. The highest BCUT2D eigenvalue weighted by molar-refractivity contribution is 7.09. The summed E-state index contributed by atoms with van der Waals surface area (Å²) in [6.45, 7) is 1.46. The largest absolute Gasteiger partial charge is 0.363 e. The predicted octanol–water partition coefficient (Wildman–Crippen LogP) is 3.46. The van der Waals surface area contributed by atoms with E-state index in [1.54, 1.807) is 17.7 Å². The summed E-state index contributed by atoms with van der Waals surface area (Å²) in [6.07, 6.45) is 3.75. The van der Waals surface area contributed by atoms with Gasteiger partial charge < -0.3 is 10.1 Å². The molecule has 0 aromatic carbocycles. The van der Waals surface area contributed by atoms with Gasteiger partial charge in [0.25, 0.3) is 0 Å². The molecular formula is C14H14ClN5OS. The number of hydrogen-bond donors (Lipinski definition) is 1. The van der Waals surface area contributed by atoms with Crippen molar-refractivity contribution in [3.05, 3.63) is 34.0 Å².